The van der Waals surface area contributed by atoms with E-state index in [-0.39, 0.29) is 0 Å². The van der Waals surface area contributed by atoms with Crippen LogP contribution in [0.15, 0.2) is 0 Å². The van der Waals surface area contributed by atoms with E-state index >= 15 is 0 Å². The van der Waals surface area contributed by atoms with Crippen molar-refractivity contribution in [3.63, 3.8) is 0 Å². The fraction of sp³-hybridized carbons (Fsp3) is 0.700. The van der Waals surface area contributed by atoms with Crippen molar-refractivity contribution in [2.24, 2.45) is 0 Å². The Morgan fingerprint density at radius 1 is 1.35 bits per heavy atom. The molecule has 0 spiro atoms. The van der Waals surface area contributed by atoms with Gasteiger partial charge in [-0.3, -0.25) is 4.90 Å². The van der Waals surface area contributed by atoms with Crippen molar-refractivity contribution < 1.29 is 13.2 Å². The van der Waals surface area contributed by atoms with Gasteiger partial charge in [0.05, 0.1) is 9.88 Å². The van der Waals surface area contributed by atoms with Crippen LogP contribution in [0.5, 0.6) is 0 Å². The van der Waals surface area contributed by atoms with Gasteiger partial charge in [0.25, 0.3) is 0 Å². The Hall–Kier alpha value is -0.660. The SMILES string of the molecule is Cc1nc(C(F)(F)F)c(CN2CCNCC2)s1. The first-order chi connectivity index (χ1) is 7.97. The Kier molecular flexibility index (Phi) is 3.70. The molecule has 1 fully saturated rings. The van der Waals surface area contributed by atoms with Gasteiger partial charge in [0.15, 0.2) is 5.69 Å². The van der Waals surface area contributed by atoms with Crippen molar-refractivity contribution in [2.75, 3.05) is 26.2 Å². The fourth-order valence-corrected chi connectivity index (χ4v) is 2.87. The van der Waals surface area contributed by atoms with Crippen LogP contribution in [-0.4, -0.2) is 36.1 Å². The predicted molar refractivity (Wildman–Crippen MR) is 60.0 cm³/mol. The molecule has 0 bridgehead atoms. The lowest BCUT2D eigenvalue weighted by atomic mass is 10.3. The minimum absolute atomic E-state index is 0.330. The zero-order valence-electron chi connectivity index (χ0n) is 9.47. The molecule has 2 heterocycles. The summed E-state index contributed by atoms with van der Waals surface area (Å²) in [7, 11) is 0. The predicted octanol–water partition coefficient (Wildman–Crippen LogP) is 1.88. The van der Waals surface area contributed by atoms with E-state index in [9.17, 15) is 13.2 Å². The number of rotatable bonds is 2. The van der Waals surface area contributed by atoms with Crippen LogP contribution in [0.2, 0.25) is 0 Å². The highest BCUT2D eigenvalue weighted by atomic mass is 32.1. The average molecular weight is 265 g/mol. The van der Waals surface area contributed by atoms with Crippen LogP contribution in [-0.2, 0) is 12.7 Å². The molecule has 1 aliphatic heterocycles. The summed E-state index contributed by atoms with van der Waals surface area (Å²) in [5.74, 6) is 0. The normalized spacial score (nSPS) is 18.6. The van der Waals surface area contributed by atoms with Gasteiger partial charge in [-0.05, 0) is 6.92 Å². The van der Waals surface area contributed by atoms with Crippen molar-refractivity contribution in [1.29, 1.82) is 0 Å². The van der Waals surface area contributed by atoms with E-state index < -0.39 is 11.9 Å². The molecule has 0 aromatic carbocycles. The molecular weight excluding hydrogens is 251 g/mol. The van der Waals surface area contributed by atoms with E-state index in [4.69, 9.17) is 0 Å². The third kappa shape index (κ3) is 3.17. The van der Waals surface area contributed by atoms with Crippen molar-refractivity contribution in [3.05, 3.63) is 15.6 Å². The van der Waals surface area contributed by atoms with Gasteiger partial charge in [-0.1, -0.05) is 0 Å². The highest BCUT2D eigenvalue weighted by molar-refractivity contribution is 7.11. The van der Waals surface area contributed by atoms with E-state index in [2.05, 4.69) is 10.3 Å². The zero-order chi connectivity index (χ0) is 12.5. The number of aromatic nitrogens is 1. The maximum absolute atomic E-state index is 12.7. The maximum Gasteiger partial charge on any atom is 0.434 e. The molecule has 2 rings (SSSR count). The van der Waals surface area contributed by atoms with Crippen LogP contribution in [0.4, 0.5) is 13.2 Å². The molecule has 0 radical (unpaired) electrons. The zero-order valence-corrected chi connectivity index (χ0v) is 10.3. The molecule has 1 aromatic heterocycles. The van der Waals surface area contributed by atoms with E-state index in [0.29, 0.717) is 16.4 Å². The van der Waals surface area contributed by atoms with Crippen LogP contribution in [0.3, 0.4) is 0 Å². The lowest BCUT2D eigenvalue weighted by Gasteiger charge is -2.26. The quantitative estimate of drug-likeness (QED) is 0.885. The molecule has 96 valence electrons. The minimum Gasteiger partial charge on any atom is -0.314 e. The van der Waals surface area contributed by atoms with Gasteiger partial charge in [0, 0.05) is 32.7 Å². The summed E-state index contributed by atoms with van der Waals surface area (Å²) in [6.45, 7) is 5.20. The maximum atomic E-state index is 12.7. The number of hydrogen-bond donors (Lipinski definition) is 1. The van der Waals surface area contributed by atoms with E-state index in [1.165, 1.54) is 0 Å². The molecule has 1 aromatic rings. The largest absolute Gasteiger partial charge is 0.434 e. The first kappa shape index (κ1) is 12.8. The molecule has 7 heteroatoms. The Balaban J connectivity index is 2.14. The lowest BCUT2D eigenvalue weighted by Crippen LogP contribution is -2.43. The smallest absolute Gasteiger partial charge is 0.314 e. The van der Waals surface area contributed by atoms with Crippen LogP contribution in [0, 0.1) is 6.92 Å². The number of thiazole rings is 1. The average Bonchev–Trinajstić information content (AvgIpc) is 2.60. The molecule has 0 amide bonds. The third-order valence-corrected chi connectivity index (χ3v) is 3.61. The molecule has 1 N–H and O–H groups in total. The van der Waals surface area contributed by atoms with Crippen molar-refractivity contribution in [1.82, 2.24) is 15.2 Å². The Bertz CT molecular complexity index is 383. The lowest BCUT2D eigenvalue weighted by molar-refractivity contribution is -0.141. The van der Waals surface area contributed by atoms with Crippen LogP contribution >= 0.6 is 11.3 Å². The summed E-state index contributed by atoms with van der Waals surface area (Å²) < 4.78 is 38.2. The van der Waals surface area contributed by atoms with Crippen molar-refractivity contribution >= 4 is 11.3 Å². The number of hydrogen-bond acceptors (Lipinski definition) is 4. The minimum atomic E-state index is -4.34. The second kappa shape index (κ2) is 4.91. The van der Waals surface area contributed by atoms with Gasteiger partial charge in [-0.25, -0.2) is 4.98 Å². The first-order valence-electron chi connectivity index (χ1n) is 5.43. The van der Waals surface area contributed by atoms with E-state index in [1.54, 1.807) is 6.92 Å². The third-order valence-electron chi connectivity index (χ3n) is 2.65. The summed E-state index contributed by atoms with van der Waals surface area (Å²) in [5, 5.41) is 3.65. The fourth-order valence-electron chi connectivity index (χ4n) is 1.87. The molecule has 0 aliphatic carbocycles. The number of nitrogens with zero attached hydrogens (tertiary/aromatic N) is 2. The van der Waals surface area contributed by atoms with Crippen molar-refractivity contribution in [3.8, 4) is 0 Å². The number of aryl methyl sites for hydroxylation is 1. The summed E-state index contributed by atoms with van der Waals surface area (Å²) in [6.07, 6.45) is -4.34. The summed E-state index contributed by atoms with van der Waals surface area (Å²) in [5.41, 5.74) is -0.710. The molecular formula is C10H14F3N3S. The molecule has 0 atom stereocenters. The van der Waals surface area contributed by atoms with Gasteiger partial charge in [0.1, 0.15) is 0 Å². The molecule has 1 aliphatic rings. The highest BCUT2D eigenvalue weighted by Gasteiger charge is 2.37. The number of halogens is 3. The number of nitrogens with one attached hydrogen (secondary N) is 1. The van der Waals surface area contributed by atoms with Crippen LogP contribution in [0.1, 0.15) is 15.6 Å². The summed E-state index contributed by atoms with van der Waals surface area (Å²) >= 11 is 1.14. The summed E-state index contributed by atoms with van der Waals surface area (Å²) in [4.78, 5) is 5.96. The number of alkyl halides is 3. The molecule has 0 unspecified atom stereocenters. The van der Waals surface area contributed by atoms with E-state index in [1.807, 2.05) is 4.90 Å². The molecule has 1 saturated heterocycles. The van der Waals surface area contributed by atoms with Gasteiger partial charge in [0.2, 0.25) is 0 Å². The van der Waals surface area contributed by atoms with Gasteiger partial charge in [-0.2, -0.15) is 13.2 Å². The first-order valence-corrected chi connectivity index (χ1v) is 6.25. The Labute approximate surface area is 102 Å². The second-order valence-electron chi connectivity index (χ2n) is 4.03. The van der Waals surface area contributed by atoms with Gasteiger partial charge in [-0.15, -0.1) is 11.3 Å². The van der Waals surface area contributed by atoms with Crippen LogP contribution < -0.4 is 5.32 Å². The van der Waals surface area contributed by atoms with Crippen LogP contribution in [0.25, 0.3) is 0 Å². The standard InChI is InChI=1S/C10H14F3N3S/c1-7-15-9(10(11,12)13)8(17-7)6-16-4-2-14-3-5-16/h14H,2-6H2,1H3. The second-order valence-corrected chi connectivity index (χ2v) is 5.32. The highest BCUT2D eigenvalue weighted by Crippen LogP contribution is 2.34. The molecule has 3 nitrogen and oxygen atoms in total. The Morgan fingerprint density at radius 3 is 2.59 bits per heavy atom. The van der Waals surface area contributed by atoms with Gasteiger partial charge >= 0.3 is 6.18 Å². The topological polar surface area (TPSA) is 28.2 Å². The monoisotopic (exact) mass is 265 g/mol. The summed E-state index contributed by atoms with van der Waals surface area (Å²) in [6, 6.07) is 0. The molecule has 17 heavy (non-hydrogen) atoms. The van der Waals surface area contributed by atoms with E-state index in [0.717, 1.165) is 37.5 Å². The number of piperazine rings is 1. The Morgan fingerprint density at radius 2 is 2.00 bits per heavy atom. The van der Waals surface area contributed by atoms with Crippen molar-refractivity contribution in [2.45, 2.75) is 19.6 Å². The van der Waals surface area contributed by atoms with Gasteiger partial charge < -0.3 is 5.32 Å². The molecule has 0 saturated carbocycles.